The van der Waals surface area contributed by atoms with Gasteiger partial charge in [-0.25, -0.2) is 0 Å². The lowest BCUT2D eigenvalue weighted by atomic mass is 9.87. The number of benzene rings is 6. The topological polar surface area (TPSA) is 25.8 Å². The molecule has 0 unspecified atom stereocenters. The van der Waals surface area contributed by atoms with Gasteiger partial charge in [-0.05, 0) is 104 Å². The summed E-state index contributed by atoms with van der Waals surface area (Å²) in [5.41, 5.74) is 14.2. The number of aryl methyl sites for hydroxylation is 2. The van der Waals surface area contributed by atoms with Crippen LogP contribution in [0.1, 0.15) is 11.3 Å². The average molecular weight is 589 g/mol. The summed E-state index contributed by atoms with van der Waals surface area (Å²) in [6.45, 7) is 4.16. The molecule has 0 fully saturated rings. The molecule has 0 aliphatic rings. The van der Waals surface area contributed by atoms with Gasteiger partial charge >= 0.3 is 0 Å². The van der Waals surface area contributed by atoms with Crippen LogP contribution in [-0.2, 0) is 0 Å². The predicted molar refractivity (Wildman–Crippen MR) is 194 cm³/mol. The van der Waals surface area contributed by atoms with E-state index in [0.29, 0.717) is 0 Å². The summed E-state index contributed by atoms with van der Waals surface area (Å²) < 4.78 is 0. The first-order chi connectivity index (χ1) is 22.6. The van der Waals surface area contributed by atoms with Crippen LogP contribution in [0.15, 0.2) is 158 Å². The van der Waals surface area contributed by atoms with Crippen LogP contribution in [0.4, 0.5) is 0 Å². The lowest BCUT2D eigenvalue weighted by Gasteiger charge is -2.16. The number of hydrogen-bond donors (Lipinski definition) is 0. The second kappa shape index (κ2) is 11.6. The molecule has 8 aromatic rings. The van der Waals surface area contributed by atoms with Crippen LogP contribution in [0.5, 0.6) is 0 Å². The number of fused-ring (bicyclic) bond motifs is 2. The molecule has 0 saturated carbocycles. The molecule has 218 valence electrons. The van der Waals surface area contributed by atoms with E-state index in [1.165, 1.54) is 77.2 Å². The Bertz CT molecular complexity index is 2370. The molecule has 2 heteroatoms. The van der Waals surface area contributed by atoms with Crippen LogP contribution in [0.3, 0.4) is 0 Å². The van der Waals surface area contributed by atoms with Crippen LogP contribution in [0.2, 0.25) is 0 Å². The Hall–Kier alpha value is -5.86. The molecule has 0 saturated heterocycles. The van der Waals surface area contributed by atoms with Gasteiger partial charge < -0.3 is 0 Å². The average Bonchev–Trinajstić information content (AvgIpc) is 3.11. The summed E-state index contributed by atoms with van der Waals surface area (Å²) in [6, 6.07) is 50.7. The highest BCUT2D eigenvalue weighted by molar-refractivity contribution is 6.12. The summed E-state index contributed by atoms with van der Waals surface area (Å²) in [4.78, 5) is 8.86. The van der Waals surface area contributed by atoms with E-state index in [2.05, 4.69) is 156 Å². The molecule has 46 heavy (non-hydrogen) atoms. The van der Waals surface area contributed by atoms with Crippen molar-refractivity contribution in [1.82, 2.24) is 9.97 Å². The first-order valence-corrected chi connectivity index (χ1v) is 15.7. The van der Waals surface area contributed by atoms with E-state index in [-0.39, 0.29) is 0 Å². The molecule has 0 radical (unpaired) electrons. The third-order valence-electron chi connectivity index (χ3n) is 9.10. The second-order valence-corrected chi connectivity index (χ2v) is 11.9. The highest BCUT2D eigenvalue weighted by atomic mass is 14.7. The smallest absolute Gasteiger partial charge is 0.0373 e. The molecular weight excluding hydrogens is 556 g/mol. The van der Waals surface area contributed by atoms with Crippen molar-refractivity contribution in [2.45, 2.75) is 13.8 Å². The normalized spacial score (nSPS) is 11.3. The van der Waals surface area contributed by atoms with Gasteiger partial charge in [0.15, 0.2) is 0 Å². The summed E-state index contributed by atoms with van der Waals surface area (Å²) >= 11 is 0. The number of pyridine rings is 2. The minimum absolute atomic E-state index is 1.03. The van der Waals surface area contributed by atoms with Crippen molar-refractivity contribution in [2.75, 3.05) is 0 Å². The van der Waals surface area contributed by atoms with E-state index in [1.807, 2.05) is 25.5 Å². The van der Waals surface area contributed by atoms with E-state index >= 15 is 0 Å². The summed E-state index contributed by atoms with van der Waals surface area (Å²) in [5.74, 6) is 0. The number of aromatic nitrogens is 2. The van der Waals surface area contributed by atoms with Crippen molar-refractivity contribution in [3.8, 4) is 55.6 Å². The van der Waals surface area contributed by atoms with Crippen LogP contribution in [0, 0.1) is 13.8 Å². The van der Waals surface area contributed by atoms with Gasteiger partial charge in [0.2, 0.25) is 0 Å². The van der Waals surface area contributed by atoms with Crippen LogP contribution < -0.4 is 0 Å². The maximum atomic E-state index is 4.48. The second-order valence-electron chi connectivity index (χ2n) is 11.9. The first kappa shape index (κ1) is 27.7. The van der Waals surface area contributed by atoms with E-state index in [0.717, 1.165) is 11.3 Å². The van der Waals surface area contributed by atoms with E-state index in [9.17, 15) is 0 Å². The molecule has 2 nitrogen and oxygen atoms in total. The number of rotatable bonds is 5. The standard InChI is InChI=1S/C44H32N2/c1-29-24-25-45-28-44(29)34-9-7-8-33(26-34)37-21-23-43(41-13-6-4-11-39(37)41)42-22-20-36(38-10-3-5-12-40(38)42)32-18-16-31(17-19-32)35-15-14-30(2)46-27-35/h3-28H,1-2H3. The predicted octanol–water partition coefficient (Wildman–Crippen LogP) is 11.7. The van der Waals surface area contributed by atoms with Gasteiger partial charge in [0, 0.05) is 35.4 Å². The molecule has 0 spiro atoms. The quantitative estimate of drug-likeness (QED) is 0.200. The Labute approximate surface area is 269 Å². The SMILES string of the molecule is Cc1ccc(-c2ccc(-c3ccc(-c4ccc(-c5cccc(-c6cnccc6C)c5)c5ccccc45)c4ccccc34)cc2)cn1. The summed E-state index contributed by atoms with van der Waals surface area (Å²) in [6.07, 6.45) is 5.76. The van der Waals surface area contributed by atoms with Gasteiger partial charge in [-0.1, -0.05) is 121 Å². The molecule has 2 aromatic heterocycles. The van der Waals surface area contributed by atoms with Crippen LogP contribution in [-0.4, -0.2) is 9.97 Å². The van der Waals surface area contributed by atoms with Gasteiger partial charge in [0.05, 0.1) is 0 Å². The Kier molecular flexibility index (Phi) is 6.96. The van der Waals surface area contributed by atoms with Crippen molar-refractivity contribution in [3.63, 3.8) is 0 Å². The van der Waals surface area contributed by atoms with Crippen molar-refractivity contribution in [3.05, 3.63) is 169 Å². The van der Waals surface area contributed by atoms with Gasteiger partial charge in [0.1, 0.15) is 0 Å². The van der Waals surface area contributed by atoms with Gasteiger partial charge in [-0.15, -0.1) is 0 Å². The Morgan fingerprint density at radius 2 is 0.891 bits per heavy atom. The third-order valence-corrected chi connectivity index (χ3v) is 9.10. The zero-order valence-corrected chi connectivity index (χ0v) is 25.9. The molecule has 0 aliphatic heterocycles. The monoisotopic (exact) mass is 588 g/mol. The van der Waals surface area contributed by atoms with Crippen molar-refractivity contribution in [2.24, 2.45) is 0 Å². The fourth-order valence-electron chi connectivity index (χ4n) is 6.67. The van der Waals surface area contributed by atoms with Gasteiger partial charge in [-0.2, -0.15) is 0 Å². The summed E-state index contributed by atoms with van der Waals surface area (Å²) in [5, 5.41) is 4.99. The maximum Gasteiger partial charge on any atom is 0.0373 e. The molecule has 2 heterocycles. The fraction of sp³-hybridized carbons (Fsp3) is 0.0455. The van der Waals surface area contributed by atoms with Gasteiger partial charge in [-0.3, -0.25) is 9.97 Å². The minimum atomic E-state index is 1.03. The molecule has 8 rings (SSSR count). The Balaban J connectivity index is 1.22. The van der Waals surface area contributed by atoms with Crippen molar-refractivity contribution < 1.29 is 0 Å². The molecule has 0 N–H and O–H groups in total. The molecule has 0 bridgehead atoms. The van der Waals surface area contributed by atoms with E-state index in [1.54, 1.807) is 0 Å². The zero-order chi connectivity index (χ0) is 31.0. The zero-order valence-electron chi connectivity index (χ0n) is 25.9. The van der Waals surface area contributed by atoms with Crippen LogP contribution >= 0.6 is 0 Å². The molecule has 0 atom stereocenters. The molecular formula is C44H32N2. The highest BCUT2D eigenvalue weighted by Gasteiger charge is 2.15. The van der Waals surface area contributed by atoms with Crippen molar-refractivity contribution >= 4 is 21.5 Å². The van der Waals surface area contributed by atoms with E-state index in [4.69, 9.17) is 0 Å². The maximum absolute atomic E-state index is 4.48. The van der Waals surface area contributed by atoms with E-state index < -0.39 is 0 Å². The largest absolute Gasteiger partial charge is 0.264 e. The lowest BCUT2D eigenvalue weighted by Crippen LogP contribution is -1.90. The molecule has 0 aliphatic carbocycles. The highest BCUT2D eigenvalue weighted by Crippen LogP contribution is 2.41. The number of hydrogen-bond acceptors (Lipinski definition) is 2. The fourth-order valence-corrected chi connectivity index (χ4v) is 6.67. The number of nitrogens with zero attached hydrogens (tertiary/aromatic N) is 2. The van der Waals surface area contributed by atoms with Crippen molar-refractivity contribution in [1.29, 1.82) is 0 Å². The molecule has 6 aromatic carbocycles. The Morgan fingerprint density at radius 1 is 0.370 bits per heavy atom. The van der Waals surface area contributed by atoms with Crippen LogP contribution in [0.25, 0.3) is 77.2 Å². The first-order valence-electron chi connectivity index (χ1n) is 15.7. The molecule has 0 amide bonds. The lowest BCUT2D eigenvalue weighted by molar-refractivity contribution is 1.20. The minimum Gasteiger partial charge on any atom is -0.264 e. The summed E-state index contributed by atoms with van der Waals surface area (Å²) in [7, 11) is 0. The Morgan fingerprint density at radius 3 is 1.48 bits per heavy atom. The third kappa shape index (κ3) is 4.95. The van der Waals surface area contributed by atoms with Gasteiger partial charge in [0.25, 0.3) is 0 Å².